The van der Waals surface area contributed by atoms with E-state index in [0.29, 0.717) is 32.3 Å². The Labute approximate surface area is 243 Å². The van der Waals surface area contributed by atoms with Crippen molar-refractivity contribution in [3.05, 3.63) is 66.4 Å². The van der Waals surface area contributed by atoms with Gasteiger partial charge in [0.2, 0.25) is 5.91 Å². The van der Waals surface area contributed by atoms with Crippen LogP contribution in [0.2, 0.25) is 0 Å². The molecule has 0 radical (unpaired) electrons. The lowest BCUT2D eigenvalue weighted by atomic mass is 10.0. The Hall–Kier alpha value is -3.69. The molecule has 1 amide bonds. The van der Waals surface area contributed by atoms with Crippen LogP contribution in [-0.4, -0.2) is 110 Å². The summed E-state index contributed by atoms with van der Waals surface area (Å²) in [6.45, 7) is 14.1. The standard InChI is InChI=1S/C32H41N7O2/c1-3-30(40)37-19-21-38(22-20-37)31-27-12-14-39(29-11-6-9-25-8-4-5-10-26(25)29)24-28(27)33-32(34-31)41-23-7-13-36-17-15-35(2)16-18-36/h3-6,8-11H,1,7,12-24H2,2H3. The van der Waals surface area contributed by atoms with Gasteiger partial charge in [-0.25, -0.2) is 0 Å². The molecule has 4 heterocycles. The number of rotatable bonds is 8. The number of likely N-dealkylation sites (N-methyl/N-ethyl adjacent to an activating group) is 1. The van der Waals surface area contributed by atoms with Crippen LogP contribution in [0.15, 0.2) is 55.1 Å². The molecule has 0 atom stereocenters. The summed E-state index contributed by atoms with van der Waals surface area (Å²) in [5.41, 5.74) is 3.47. The Kier molecular flexibility index (Phi) is 8.34. The molecule has 0 aliphatic carbocycles. The van der Waals surface area contributed by atoms with Crippen LogP contribution in [0.3, 0.4) is 0 Å². The van der Waals surface area contributed by atoms with Gasteiger partial charge in [-0.2, -0.15) is 9.97 Å². The topological polar surface area (TPSA) is 68.3 Å². The van der Waals surface area contributed by atoms with Gasteiger partial charge in [0, 0.05) is 82.1 Å². The van der Waals surface area contributed by atoms with Crippen LogP contribution in [0.25, 0.3) is 10.8 Å². The highest BCUT2D eigenvalue weighted by Crippen LogP contribution is 2.34. The second-order valence-corrected chi connectivity index (χ2v) is 11.3. The van der Waals surface area contributed by atoms with E-state index in [-0.39, 0.29) is 5.91 Å². The molecule has 0 saturated carbocycles. The van der Waals surface area contributed by atoms with E-state index in [1.807, 2.05) is 4.90 Å². The third-order valence-corrected chi connectivity index (χ3v) is 8.64. The summed E-state index contributed by atoms with van der Waals surface area (Å²) < 4.78 is 6.22. The van der Waals surface area contributed by atoms with Gasteiger partial charge < -0.3 is 29.2 Å². The number of carbonyl (C=O) groups excluding carboxylic acids is 1. The van der Waals surface area contributed by atoms with Crippen molar-refractivity contribution in [3.63, 3.8) is 0 Å². The smallest absolute Gasteiger partial charge is 0.318 e. The van der Waals surface area contributed by atoms with Crippen molar-refractivity contribution in [3.8, 4) is 6.01 Å². The highest BCUT2D eigenvalue weighted by molar-refractivity contribution is 5.94. The molecule has 1 aromatic heterocycles. The molecule has 3 aromatic rings. The molecule has 41 heavy (non-hydrogen) atoms. The van der Waals surface area contributed by atoms with Gasteiger partial charge in [0.15, 0.2) is 0 Å². The summed E-state index contributed by atoms with van der Waals surface area (Å²) in [5.74, 6) is 0.955. The third kappa shape index (κ3) is 6.16. The molecule has 3 aliphatic rings. The van der Waals surface area contributed by atoms with Gasteiger partial charge in [0.05, 0.1) is 18.8 Å². The number of ether oxygens (including phenoxy) is 1. The largest absolute Gasteiger partial charge is 0.463 e. The molecule has 216 valence electrons. The minimum Gasteiger partial charge on any atom is -0.463 e. The average molecular weight is 556 g/mol. The molecule has 0 unspecified atom stereocenters. The molecule has 2 saturated heterocycles. The number of hydrogen-bond acceptors (Lipinski definition) is 8. The number of hydrogen-bond donors (Lipinski definition) is 0. The van der Waals surface area contributed by atoms with Gasteiger partial charge in [0.1, 0.15) is 5.82 Å². The third-order valence-electron chi connectivity index (χ3n) is 8.64. The van der Waals surface area contributed by atoms with Crippen LogP contribution in [-0.2, 0) is 17.8 Å². The van der Waals surface area contributed by atoms with Crippen LogP contribution >= 0.6 is 0 Å². The molecule has 9 nitrogen and oxygen atoms in total. The molecule has 0 N–H and O–H groups in total. The Morgan fingerprint density at radius 1 is 0.927 bits per heavy atom. The van der Waals surface area contributed by atoms with Gasteiger partial charge in [0.25, 0.3) is 0 Å². The minimum absolute atomic E-state index is 0.00975. The van der Waals surface area contributed by atoms with Crippen LogP contribution in [0.4, 0.5) is 11.5 Å². The summed E-state index contributed by atoms with van der Waals surface area (Å²) in [4.78, 5) is 33.6. The second-order valence-electron chi connectivity index (χ2n) is 11.3. The number of fused-ring (bicyclic) bond motifs is 2. The van der Waals surface area contributed by atoms with Crippen molar-refractivity contribution >= 4 is 28.2 Å². The minimum atomic E-state index is -0.00975. The van der Waals surface area contributed by atoms with Gasteiger partial charge >= 0.3 is 6.01 Å². The Morgan fingerprint density at radius 3 is 2.51 bits per heavy atom. The lowest BCUT2D eigenvalue weighted by molar-refractivity contribution is -0.126. The van der Waals surface area contributed by atoms with Gasteiger partial charge in [-0.3, -0.25) is 4.79 Å². The molecule has 6 rings (SSSR count). The quantitative estimate of drug-likeness (QED) is 0.311. The van der Waals surface area contributed by atoms with Crippen molar-refractivity contribution in [1.29, 1.82) is 0 Å². The van der Waals surface area contributed by atoms with Crippen LogP contribution < -0.4 is 14.5 Å². The van der Waals surface area contributed by atoms with Crippen molar-refractivity contribution in [2.45, 2.75) is 19.4 Å². The van der Waals surface area contributed by atoms with E-state index >= 15 is 0 Å². The zero-order valence-corrected chi connectivity index (χ0v) is 24.2. The summed E-state index contributed by atoms with van der Waals surface area (Å²) in [6, 6.07) is 15.5. The maximum atomic E-state index is 12.2. The normalized spacial score (nSPS) is 18.4. The lowest BCUT2D eigenvalue weighted by Gasteiger charge is -2.38. The van der Waals surface area contributed by atoms with Crippen molar-refractivity contribution < 1.29 is 9.53 Å². The summed E-state index contributed by atoms with van der Waals surface area (Å²) in [5, 5.41) is 2.51. The number of amides is 1. The molecular weight excluding hydrogens is 514 g/mol. The van der Waals surface area contributed by atoms with Crippen LogP contribution in [0.1, 0.15) is 17.7 Å². The number of benzene rings is 2. The first-order chi connectivity index (χ1) is 20.1. The fourth-order valence-electron chi connectivity index (χ4n) is 6.20. The fourth-order valence-corrected chi connectivity index (χ4v) is 6.20. The molecule has 3 aliphatic heterocycles. The number of anilines is 2. The second kappa shape index (κ2) is 12.4. The zero-order chi connectivity index (χ0) is 28.2. The molecule has 0 bridgehead atoms. The predicted octanol–water partition coefficient (Wildman–Crippen LogP) is 3.04. The Balaban J connectivity index is 1.21. The van der Waals surface area contributed by atoms with E-state index in [2.05, 4.69) is 75.7 Å². The van der Waals surface area contributed by atoms with E-state index in [1.165, 1.54) is 28.1 Å². The first kappa shape index (κ1) is 27.5. The summed E-state index contributed by atoms with van der Waals surface area (Å²) >= 11 is 0. The van der Waals surface area contributed by atoms with Crippen molar-refractivity contribution in [2.75, 3.05) is 88.9 Å². The van der Waals surface area contributed by atoms with E-state index < -0.39 is 0 Å². The zero-order valence-electron chi connectivity index (χ0n) is 24.2. The molecule has 0 spiro atoms. The maximum absolute atomic E-state index is 12.2. The molecule has 2 aromatic carbocycles. The number of nitrogens with zero attached hydrogens (tertiary/aromatic N) is 7. The molecule has 2 fully saturated rings. The van der Waals surface area contributed by atoms with E-state index in [1.54, 1.807) is 0 Å². The van der Waals surface area contributed by atoms with Gasteiger partial charge in [-0.1, -0.05) is 43.0 Å². The fraction of sp³-hybridized carbons (Fsp3) is 0.469. The average Bonchev–Trinajstić information content (AvgIpc) is 3.02. The highest BCUT2D eigenvalue weighted by atomic mass is 16.5. The summed E-state index contributed by atoms with van der Waals surface area (Å²) in [7, 11) is 2.18. The Morgan fingerprint density at radius 2 is 1.71 bits per heavy atom. The first-order valence-corrected chi connectivity index (χ1v) is 14.9. The first-order valence-electron chi connectivity index (χ1n) is 14.9. The summed E-state index contributed by atoms with van der Waals surface area (Å²) in [6.07, 6.45) is 3.21. The number of aromatic nitrogens is 2. The van der Waals surface area contributed by atoms with E-state index in [4.69, 9.17) is 14.7 Å². The van der Waals surface area contributed by atoms with Crippen molar-refractivity contribution in [2.24, 2.45) is 0 Å². The maximum Gasteiger partial charge on any atom is 0.318 e. The highest BCUT2D eigenvalue weighted by Gasteiger charge is 2.29. The number of piperazine rings is 2. The monoisotopic (exact) mass is 555 g/mol. The van der Waals surface area contributed by atoms with E-state index in [0.717, 1.165) is 76.7 Å². The van der Waals surface area contributed by atoms with E-state index in [9.17, 15) is 4.79 Å². The van der Waals surface area contributed by atoms with Crippen LogP contribution in [0, 0.1) is 0 Å². The van der Waals surface area contributed by atoms with Gasteiger partial charge in [-0.15, -0.1) is 0 Å². The molecular formula is C32H41N7O2. The lowest BCUT2D eigenvalue weighted by Crippen LogP contribution is -2.49. The van der Waals surface area contributed by atoms with Crippen molar-refractivity contribution in [1.82, 2.24) is 24.7 Å². The molecule has 9 heteroatoms. The Bertz CT molecular complexity index is 1370. The van der Waals surface area contributed by atoms with Crippen LogP contribution in [0.5, 0.6) is 6.01 Å². The SMILES string of the molecule is C=CC(=O)N1CCN(c2nc(OCCCN3CCN(C)CC3)nc3c2CCN(c2cccc4ccccc24)C3)CC1. The van der Waals surface area contributed by atoms with Gasteiger partial charge in [-0.05, 0) is 37.4 Å². The predicted molar refractivity (Wildman–Crippen MR) is 164 cm³/mol. The number of carbonyl (C=O) groups is 1.